The van der Waals surface area contributed by atoms with Crippen LogP contribution in [0.2, 0.25) is 0 Å². The van der Waals surface area contributed by atoms with Crippen LogP contribution in [0, 0.1) is 0 Å². The van der Waals surface area contributed by atoms with Crippen LogP contribution in [0.1, 0.15) is 0 Å². The molecule has 0 saturated carbocycles. The fourth-order valence-corrected chi connectivity index (χ4v) is 3.59. The van der Waals surface area contributed by atoms with E-state index in [1.54, 1.807) is 33.1 Å². The molecule has 0 bridgehead atoms. The summed E-state index contributed by atoms with van der Waals surface area (Å²) >= 11 is 1.70. The van der Waals surface area contributed by atoms with Gasteiger partial charge in [0.2, 0.25) is 0 Å². The van der Waals surface area contributed by atoms with Crippen molar-refractivity contribution in [1.29, 1.82) is 0 Å². The van der Waals surface area contributed by atoms with Gasteiger partial charge in [-0.2, -0.15) is 0 Å². The minimum absolute atomic E-state index is 0.979. The first-order chi connectivity index (χ1) is 7.22. The molecule has 0 saturated heterocycles. The van der Waals surface area contributed by atoms with Crippen LogP contribution >= 0.6 is 11.8 Å². The van der Waals surface area contributed by atoms with Crippen molar-refractivity contribution in [3.8, 4) is 0 Å². The van der Waals surface area contributed by atoms with Crippen LogP contribution in [0.25, 0.3) is 0 Å². The van der Waals surface area contributed by atoms with E-state index < -0.39 is 8.80 Å². The lowest BCUT2D eigenvalue weighted by molar-refractivity contribution is 0.140. The first-order valence-electron chi connectivity index (χ1n) is 4.52. The molecule has 0 spiro atoms. The van der Waals surface area contributed by atoms with E-state index in [4.69, 9.17) is 13.3 Å². The molecular weight excluding hydrogens is 228 g/mol. The lowest BCUT2D eigenvalue weighted by Gasteiger charge is -2.24. The van der Waals surface area contributed by atoms with E-state index in [9.17, 15) is 0 Å². The van der Waals surface area contributed by atoms with E-state index in [1.807, 2.05) is 30.5 Å². The van der Waals surface area contributed by atoms with Crippen molar-refractivity contribution in [2.45, 2.75) is 4.90 Å². The summed E-state index contributed by atoms with van der Waals surface area (Å²) in [6, 6.07) is 8.07. The zero-order valence-electron chi connectivity index (χ0n) is 9.44. The molecule has 0 heterocycles. The third kappa shape index (κ3) is 2.62. The van der Waals surface area contributed by atoms with E-state index in [2.05, 4.69) is 0 Å². The topological polar surface area (TPSA) is 27.7 Å². The molecule has 84 valence electrons. The van der Waals surface area contributed by atoms with E-state index in [1.165, 1.54) is 4.90 Å². The van der Waals surface area contributed by atoms with Gasteiger partial charge in [0.25, 0.3) is 0 Å². The van der Waals surface area contributed by atoms with Crippen LogP contribution in [-0.4, -0.2) is 36.4 Å². The molecule has 0 radical (unpaired) electrons. The lowest BCUT2D eigenvalue weighted by atomic mass is 10.4. The Hall–Kier alpha value is -0.333. The Morgan fingerprint density at radius 2 is 1.40 bits per heavy atom. The molecule has 0 N–H and O–H groups in total. The summed E-state index contributed by atoms with van der Waals surface area (Å²) in [5.41, 5.74) is 0. The van der Waals surface area contributed by atoms with Crippen LogP contribution in [0.4, 0.5) is 0 Å². The standard InChI is InChI=1S/C10H16O3SSi/c1-11-15(12-2,13-3)10-7-5-9(14-4)6-8-10/h5-8H,1-4H3. The Labute approximate surface area is 96.1 Å². The van der Waals surface area contributed by atoms with Crippen molar-refractivity contribution in [2.75, 3.05) is 27.6 Å². The number of benzene rings is 1. The Kier molecular flexibility index (Phi) is 4.81. The summed E-state index contributed by atoms with van der Waals surface area (Å²) in [5.74, 6) is 0. The number of thioether (sulfide) groups is 1. The summed E-state index contributed by atoms with van der Waals surface area (Å²) in [5, 5.41) is 0.979. The van der Waals surface area contributed by atoms with Gasteiger partial charge in [-0.1, -0.05) is 12.1 Å². The molecule has 0 amide bonds. The second kappa shape index (κ2) is 5.67. The number of hydrogen-bond donors (Lipinski definition) is 0. The molecule has 1 rings (SSSR count). The van der Waals surface area contributed by atoms with E-state index in [0.717, 1.165) is 5.19 Å². The van der Waals surface area contributed by atoms with Gasteiger partial charge in [0.15, 0.2) is 0 Å². The van der Waals surface area contributed by atoms with E-state index in [-0.39, 0.29) is 0 Å². The first-order valence-corrected chi connectivity index (χ1v) is 7.47. The summed E-state index contributed by atoms with van der Waals surface area (Å²) in [4.78, 5) is 1.21. The molecule has 0 fully saturated rings. The molecule has 0 unspecified atom stereocenters. The predicted octanol–water partition coefficient (Wildman–Crippen LogP) is 1.49. The fraction of sp³-hybridized carbons (Fsp3) is 0.400. The minimum Gasteiger partial charge on any atom is -0.373 e. The van der Waals surface area contributed by atoms with Gasteiger partial charge in [0.1, 0.15) is 0 Å². The molecule has 0 aromatic heterocycles. The van der Waals surface area contributed by atoms with Gasteiger partial charge in [-0.3, -0.25) is 0 Å². The minimum atomic E-state index is -2.64. The second-order valence-electron chi connectivity index (χ2n) is 2.90. The molecule has 3 nitrogen and oxygen atoms in total. The molecule has 0 aliphatic heterocycles. The predicted molar refractivity (Wildman–Crippen MR) is 64.6 cm³/mol. The van der Waals surface area contributed by atoms with Crippen LogP contribution in [-0.2, 0) is 13.3 Å². The highest BCUT2D eigenvalue weighted by Gasteiger charge is 2.40. The van der Waals surface area contributed by atoms with Gasteiger partial charge in [0, 0.05) is 31.4 Å². The molecule has 0 aliphatic rings. The number of hydrogen-bond acceptors (Lipinski definition) is 4. The first kappa shape index (κ1) is 12.7. The quantitative estimate of drug-likeness (QED) is 0.579. The Morgan fingerprint density at radius 3 is 1.73 bits per heavy atom. The van der Waals surface area contributed by atoms with Crippen molar-refractivity contribution < 1.29 is 13.3 Å². The van der Waals surface area contributed by atoms with Crippen LogP contribution in [0.5, 0.6) is 0 Å². The van der Waals surface area contributed by atoms with Crippen molar-refractivity contribution in [3.63, 3.8) is 0 Å². The Morgan fingerprint density at radius 1 is 0.933 bits per heavy atom. The highest BCUT2D eigenvalue weighted by Crippen LogP contribution is 2.14. The molecule has 0 atom stereocenters. The van der Waals surface area contributed by atoms with E-state index in [0.29, 0.717) is 0 Å². The normalized spacial score (nSPS) is 11.7. The largest absolute Gasteiger partial charge is 0.536 e. The van der Waals surface area contributed by atoms with Crippen molar-refractivity contribution in [2.24, 2.45) is 0 Å². The summed E-state index contributed by atoms with van der Waals surface area (Å²) in [6.45, 7) is 0. The van der Waals surface area contributed by atoms with Crippen molar-refractivity contribution in [1.82, 2.24) is 0 Å². The van der Waals surface area contributed by atoms with E-state index >= 15 is 0 Å². The zero-order valence-corrected chi connectivity index (χ0v) is 11.3. The summed E-state index contributed by atoms with van der Waals surface area (Å²) in [6.07, 6.45) is 2.04. The molecule has 0 aliphatic carbocycles. The van der Waals surface area contributed by atoms with Gasteiger partial charge in [-0.15, -0.1) is 11.8 Å². The maximum absolute atomic E-state index is 5.38. The third-order valence-corrected chi connectivity index (χ3v) is 5.65. The molecule has 5 heteroatoms. The lowest BCUT2D eigenvalue weighted by Crippen LogP contribution is -2.54. The Bertz CT molecular complexity index is 290. The average Bonchev–Trinajstić information content (AvgIpc) is 2.33. The monoisotopic (exact) mass is 244 g/mol. The van der Waals surface area contributed by atoms with Gasteiger partial charge < -0.3 is 13.3 Å². The fourth-order valence-electron chi connectivity index (χ4n) is 1.40. The maximum atomic E-state index is 5.38. The van der Waals surface area contributed by atoms with Gasteiger partial charge in [-0.05, 0) is 18.4 Å². The second-order valence-corrected chi connectivity index (χ2v) is 6.69. The maximum Gasteiger partial charge on any atom is 0.536 e. The van der Waals surface area contributed by atoms with Gasteiger partial charge in [-0.25, -0.2) is 0 Å². The van der Waals surface area contributed by atoms with Crippen LogP contribution in [0.3, 0.4) is 0 Å². The molecule has 1 aromatic rings. The van der Waals surface area contributed by atoms with Gasteiger partial charge >= 0.3 is 8.80 Å². The molecule has 15 heavy (non-hydrogen) atoms. The van der Waals surface area contributed by atoms with Crippen LogP contribution in [0.15, 0.2) is 29.2 Å². The van der Waals surface area contributed by atoms with Gasteiger partial charge in [0.05, 0.1) is 0 Å². The molecular formula is C10H16O3SSi. The number of rotatable bonds is 5. The van der Waals surface area contributed by atoms with Crippen molar-refractivity contribution >= 4 is 25.8 Å². The smallest absolute Gasteiger partial charge is 0.373 e. The van der Waals surface area contributed by atoms with Crippen LogP contribution < -0.4 is 5.19 Å². The Balaban J connectivity index is 3.01. The SMILES string of the molecule is CO[Si](OC)(OC)c1ccc(SC)cc1. The molecule has 1 aromatic carbocycles. The summed E-state index contributed by atoms with van der Waals surface area (Å²) < 4.78 is 16.2. The highest BCUT2D eigenvalue weighted by atomic mass is 32.2. The average molecular weight is 244 g/mol. The third-order valence-electron chi connectivity index (χ3n) is 2.25. The zero-order chi connectivity index (χ0) is 11.3. The highest BCUT2D eigenvalue weighted by molar-refractivity contribution is 7.98. The summed E-state index contributed by atoms with van der Waals surface area (Å²) in [7, 11) is 2.20. The van der Waals surface area contributed by atoms with Crippen molar-refractivity contribution in [3.05, 3.63) is 24.3 Å².